The summed E-state index contributed by atoms with van der Waals surface area (Å²) in [4.78, 5) is 29.2. The second-order valence-electron chi connectivity index (χ2n) is 6.14. The molecule has 146 valence electrons. The molecule has 0 atom stereocenters. The first-order valence-corrected chi connectivity index (χ1v) is 8.74. The Bertz CT molecular complexity index is 1210. The second kappa shape index (κ2) is 7.73. The number of rotatable bonds is 5. The van der Waals surface area contributed by atoms with E-state index in [0.29, 0.717) is 10.6 Å². The monoisotopic (exact) mass is 402 g/mol. The minimum Gasteiger partial charge on any atom is -0.507 e. The molecule has 3 rings (SSSR count). The average Bonchev–Trinajstić information content (AvgIpc) is 3.03. The molecular weight excluding hydrogens is 384 g/mol. The van der Waals surface area contributed by atoms with E-state index in [9.17, 15) is 14.7 Å². The molecule has 0 saturated carbocycles. The fourth-order valence-electron chi connectivity index (χ4n) is 2.68. The van der Waals surface area contributed by atoms with Crippen LogP contribution in [0.1, 0.15) is 12.5 Å². The van der Waals surface area contributed by atoms with E-state index in [0.717, 1.165) is 4.57 Å². The van der Waals surface area contributed by atoms with Crippen molar-refractivity contribution in [3.8, 4) is 5.75 Å². The second-order valence-corrected chi connectivity index (χ2v) is 6.74. The standard InChI is InChI=1S/C18H19ClN6O3/c1-11(19)8-9-25-14-15(23(2)18(28)24(3)16(14)27)21-17(25)22-20-10-12-6-4-5-7-13(12)26/h4-8,10,26H,9H2,1-3H3,(H,21,22)/b11-8+,20-10+. The smallest absolute Gasteiger partial charge is 0.332 e. The lowest BCUT2D eigenvalue weighted by Gasteiger charge is -2.07. The molecule has 0 saturated heterocycles. The van der Waals surface area contributed by atoms with E-state index in [4.69, 9.17) is 11.6 Å². The Hall–Kier alpha value is -3.33. The molecule has 28 heavy (non-hydrogen) atoms. The fourth-order valence-corrected chi connectivity index (χ4v) is 2.75. The first kappa shape index (κ1) is 19.4. The number of halogens is 1. The number of phenolic OH excluding ortho intramolecular Hbond substituents is 1. The predicted molar refractivity (Wildman–Crippen MR) is 109 cm³/mol. The highest BCUT2D eigenvalue weighted by Crippen LogP contribution is 2.17. The summed E-state index contributed by atoms with van der Waals surface area (Å²) in [6.07, 6.45) is 3.14. The number of hydrazone groups is 1. The molecule has 0 aliphatic rings. The summed E-state index contributed by atoms with van der Waals surface area (Å²) in [6.45, 7) is 1.98. The van der Waals surface area contributed by atoms with Crippen molar-refractivity contribution in [2.24, 2.45) is 19.2 Å². The number of phenols is 1. The van der Waals surface area contributed by atoms with Gasteiger partial charge in [-0.15, -0.1) is 0 Å². The van der Waals surface area contributed by atoms with E-state index in [2.05, 4.69) is 15.5 Å². The molecule has 2 aromatic heterocycles. The maximum Gasteiger partial charge on any atom is 0.332 e. The number of fused-ring (bicyclic) bond motifs is 1. The number of nitrogens with zero attached hydrogens (tertiary/aromatic N) is 5. The number of allylic oxidation sites excluding steroid dienone is 2. The number of aryl methyl sites for hydroxylation is 1. The third-order valence-corrected chi connectivity index (χ3v) is 4.36. The summed E-state index contributed by atoms with van der Waals surface area (Å²) < 4.78 is 3.90. The molecule has 0 radical (unpaired) electrons. The topological polar surface area (TPSA) is 106 Å². The molecule has 0 fully saturated rings. The molecule has 0 bridgehead atoms. The van der Waals surface area contributed by atoms with Crippen LogP contribution in [0.2, 0.25) is 0 Å². The van der Waals surface area contributed by atoms with Gasteiger partial charge in [0.1, 0.15) is 5.75 Å². The number of aromatic nitrogens is 4. The van der Waals surface area contributed by atoms with Crippen molar-refractivity contribution >= 4 is 34.9 Å². The number of aromatic hydroxyl groups is 1. The molecule has 2 heterocycles. The van der Waals surface area contributed by atoms with Gasteiger partial charge in [-0.2, -0.15) is 10.1 Å². The molecular formula is C18H19ClN6O3. The van der Waals surface area contributed by atoms with E-state index in [1.807, 2.05) is 0 Å². The van der Waals surface area contributed by atoms with Crippen LogP contribution < -0.4 is 16.7 Å². The van der Waals surface area contributed by atoms with Crippen LogP contribution in [0.5, 0.6) is 5.75 Å². The zero-order valence-electron chi connectivity index (χ0n) is 15.5. The lowest BCUT2D eigenvalue weighted by Crippen LogP contribution is -2.37. The summed E-state index contributed by atoms with van der Waals surface area (Å²) in [6, 6.07) is 6.72. The molecule has 1 aromatic carbocycles. The van der Waals surface area contributed by atoms with Gasteiger partial charge in [-0.25, -0.2) is 10.2 Å². The van der Waals surface area contributed by atoms with Crippen molar-refractivity contribution in [2.45, 2.75) is 13.5 Å². The maximum absolute atomic E-state index is 12.7. The maximum atomic E-state index is 12.7. The fraction of sp³-hybridized carbons (Fsp3) is 0.222. The van der Waals surface area contributed by atoms with Crippen molar-refractivity contribution < 1.29 is 5.11 Å². The van der Waals surface area contributed by atoms with Gasteiger partial charge in [-0.1, -0.05) is 29.8 Å². The lowest BCUT2D eigenvalue weighted by atomic mass is 10.2. The number of hydrogen-bond acceptors (Lipinski definition) is 6. The Morgan fingerprint density at radius 1 is 1.29 bits per heavy atom. The van der Waals surface area contributed by atoms with Gasteiger partial charge in [-0.05, 0) is 19.1 Å². The van der Waals surface area contributed by atoms with E-state index in [1.54, 1.807) is 48.9 Å². The van der Waals surface area contributed by atoms with Crippen molar-refractivity contribution in [2.75, 3.05) is 5.43 Å². The number of benzene rings is 1. The Morgan fingerprint density at radius 2 is 2.00 bits per heavy atom. The normalized spacial score (nSPS) is 12.2. The molecule has 0 spiro atoms. The van der Waals surface area contributed by atoms with Gasteiger partial charge in [0.15, 0.2) is 11.2 Å². The van der Waals surface area contributed by atoms with Crippen LogP contribution in [0.3, 0.4) is 0 Å². The minimum atomic E-state index is -0.476. The van der Waals surface area contributed by atoms with E-state index in [1.165, 1.54) is 17.8 Å². The largest absolute Gasteiger partial charge is 0.507 e. The van der Waals surface area contributed by atoms with Crippen molar-refractivity contribution in [3.63, 3.8) is 0 Å². The van der Waals surface area contributed by atoms with Gasteiger partial charge >= 0.3 is 5.69 Å². The third kappa shape index (κ3) is 3.56. The van der Waals surface area contributed by atoms with Crippen molar-refractivity contribution in [1.29, 1.82) is 0 Å². The van der Waals surface area contributed by atoms with Crippen LogP contribution in [0, 0.1) is 0 Å². The zero-order chi connectivity index (χ0) is 20.4. The van der Waals surface area contributed by atoms with Gasteiger partial charge in [-0.3, -0.25) is 18.5 Å². The number of para-hydroxylation sites is 1. The molecule has 0 aliphatic heterocycles. The quantitative estimate of drug-likeness (QED) is 0.499. The van der Waals surface area contributed by atoms with Crippen molar-refractivity contribution in [1.82, 2.24) is 18.7 Å². The van der Waals surface area contributed by atoms with Crippen LogP contribution in [0.25, 0.3) is 11.2 Å². The van der Waals surface area contributed by atoms with E-state index in [-0.39, 0.29) is 29.4 Å². The summed E-state index contributed by atoms with van der Waals surface area (Å²) in [5.41, 5.74) is 2.82. The molecule has 0 amide bonds. The lowest BCUT2D eigenvalue weighted by molar-refractivity contribution is 0.474. The highest BCUT2D eigenvalue weighted by atomic mass is 35.5. The van der Waals surface area contributed by atoms with Crippen LogP contribution in [0.4, 0.5) is 5.95 Å². The van der Waals surface area contributed by atoms with Gasteiger partial charge in [0, 0.05) is 31.2 Å². The molecule has 2 N–H and O–H groups in total. The predicted octanol–water partition coefficient (Wildman–Crippen LogP) is 1.73. The number of imidazole rings is 1. The Kier molecular flexibility index (Phi) is 5.36. The molecule has 9 nitrogen and oxygen atoms in total. The molecule has 10 heteroatoms. The molecule has 0 aliphatic carbocycles. The summed E-state index contributed by atoms with van der Waals surface area (Å²) in [5, 5.41) is 14.5. The van der Waals surface area contributed by atoms with Gasteiger partial charge < -0.3 is 5.11 Å². The first-order chi connectivity index (χ1) is 13.3. The number of hydrogen-bond donors (Lipinski definition) is 2. The van der Waals surface area contributed by atoms with Gasteiger partial charge in [0.25, 0.3) is 5.56 Å². The van der Waals surface area contributed by atoms with Crippen LogP contribution in [-0.4, -0.2) is 30.0 Å². The van der Waals surface area contributed by atoms with E-state index >= 15 is 0 Å². The zero-order valence-corrected chi connectivity index (χ0v) is 16.3. The van der Waals surface area contributed by atoms with Crippen LogP contribution in [0.15, 0.2) is 50.1 Å². The highest BCUT2D eigenvalue weighted by molar-refractivity contribution is 6.29. The molecule has 0 unspecified atom stereocenters. The number of anilines is 1. The van der Waals surface area contributed by atoms with Crippen molar-refractivity contribution in [3.05, 3.63) is 61.8 Å². The third-order valence-electron chi connectivity index (χ3n) is 4.21. The first-order valence-electron chi connectivity index (χ1n) is 8.37. The van der Waals surface area contributed by atoms with E-state index < -0.39 is 11.2 Å². The minimum absolute atomic E-state index is 0.0820. The summed E-state index contributed by atoms with van der Waals surface area (Å²) in [7, 11) is 2.95. The Morgan fingerprint density at radius 3 is 2.68 bits per heavy atom. The average molecular weight is 403 g/mol. The summed E-state index contributed by atoms with van der Waals surface area (Å²) >= 11 is 5.94. The number of nitrogens with one attached hydrogen (secondary N) is 1. The van der Waals surface area contributed by atoms with Crippen LogP contribution in [-0.2, 0) is 20.6 Å². The SMILES string of the molecule is C/C(Cl)=C\Cn1c(N/N=C/c2ccccc2O)nc2c1c(=O)n(C)c(=O)n2C. The highest BCUT2D eigenvalue weighted by Gasteiger charge is 2.18. The molecule has 3 aromatic rings. The van der Waals surface area contributed by atoms with Gasteiger partial charge in [0.05, 0.1) is 6.21 Å². The van der Waals surface area contributed by atoms with Gasteiger partial charge in [0.2, 0.25) is 5.95 Å². The Balaban J connectivity index is 2.12. The van der Waals surface area contributed by atoms with Crippen LogP contribution >= 0.6 is 11.6 Å². The Labute approximate surface area is 164 Å². The summed E-state index contributed by atoms with van der Waals surface area (Å²) in [5.74, 6) is 0.340.